The summed E-state index contributed by atoms with van der Waals surface area (Å²) < 4.78 is 47.4. The summed E-state index contributed by atoms with van der Waals surface area (Å²) in [5.41, 5.74) is 3.98. The van der Waals surface area contributed by atoms with Crippen LogP contribution >= 0.6 is 23.2 Å². The normalized spacial score (nSPS) is 11.4. The molecule has 1 amide bonds. The van der Waals surface area contributed by atoms with Crippen molar-refractivity contribution in [3.8, 4) is 28.6 Å². The van der Waals surface area contributed by atoms with Crippen LogP contribution in [0.25, 0.3) is 16.9 Å². The lowest BCUT2D eigenvalue weighted by molar-refractivity contribution is -0.274. The minimum Gasteiger partial charge on any atom is -0.481 e. The number of benzene rings is 3. The van der Waals surface area contributed by atoms with E-state index in [9.17, 15) is 22.8 Å². The Balaban J connectivity index is 0.000000452. The maximum atomic E-state index is 12.3. The number of ketones is 1. The number of ether oxygens (including phenoxy) is 2. The van der Waals surface area contributed by atoms with Gasteiger partial charge in [0.1, 0.15) is 11.5 Å². The topological polar surface area (TPSA) is 82.5 Å². The maximum Gasteiger partial charge on any atom is 0.573 e. The minimum absolute atomic E-state index is 0.0845. The number of nitrogens with one attached hydrogen (secondary N) is 1. The molecular weight excluding hydrogens is 702 g/mol. The van der Waals surface area contributed by atoms with Crippen molar-refractivity contribution >= 4 is 34.9 Å². The van der Waals surface area contributed by atoms with E-state index in [4.69, 9.17) is 27.9 Å². The predicted molar refractivity (Wildman–Crippen MR) is 201 cm³/mol. The summed E-state index contributed by atoms with van der Waals surface area (Å²) in [4.78, 5) is 23.3. The number of aromatic nitrogens is 2. The number of methoxy groups -OCH3 is 1. The van der Waals surface area contributed by atoms with E-state index in [-0.39, 0.29) is 23.4 Å². The fourth-order valence-corrected chi connectivity index (χ4v) is 4.43. The van der Waals surface area contributed by atoms with Crippen LogP contribution in [0.2, 0.25) is 10.0 Å². The molecule has 1 aromatic heterocycles. The van der Waals surface area contributed by atoms with Crippen molar-refractivity contribution in [3.63, 3.8) is 0 Å². The van der Waals surface area contributed by atoms with Crippen LogP contribution in [-0.4, -0.2) is 41.5 Å². The van der Waals surface area contributed by atoms with Crippen LogP contribution in [0, 0.1) is 18.3 Å². The first-order valence-electron chi connectivity index (χ1n) is 16.6. The molecular formula is C39H50Cl2F3N3O4. The van der Waals surface area contributed by atoms with Gasteiger partial charge in [0.25, 0.3) is 5.91 Å². The second-order valence-corrected chi connectivity index (χ2v) is 13.7. The first-order valence-corrected chi connectivity index (χ1v) is 17.4. The molecule has 0 aliphatic carbocycles. The van der Waals surface area contributed by atoms with Gasteiger partial charge in [0.15, 0.2) is 0 Å². The Morgan fingerprint density at radius 1 is 0.902 bits per heavy atom. The summed E-state index contributed by atoms with van der Waals surface area (Å²) >= 11 is 12.0. The SMILES string of the molecule is CC.CC(C)(C)C.CCC(C)C(=O)CCNC(=O)c1ccc(C)cc1.COc1cc(-c2cc(Cl)cc(Cl)c2)nn1-c1ccc(OC(F)(F)F)cc1. The highest BCUT2D eigenvalue weighted by atomic mass is 35.5. The molecule has 1 heterocycles. The number of halogens is 5. The van der Waals surface area contributed by atoms with E-state index in [1.165, 1.54) is 36.1 Å². The van der Waals surface area contributed by atoms with Crippen LogP contribution in [0.4, 0.5) is 13.2 Å². The number of amides is 1. The van der Waals surface area contributed by atoms with Crippen LogP contribution in [0.1, 0.15) is 84.2 Å². The largest absolute Gasteiger partial charge is 0.573 e. The van der Waals surface area contributed by atoms with E-state index in [0.29, 0.717) is 56.8 Å². The summed E-state index contributed by atoms with van der Waals surface area (Å²) in [5.74, 6) is 0.241. The van der Waals surface area contributed by atoms with Crippen molar-refractivity contribution in [2.45, 2.75) is 81.5 Å². The number of carbonyl (C=O) groups excluding carboxylic acids is 2. The van der Waals surface area contributed by atoms with Crippen molar-refractivity contribution in [3.05, 3.63) is 94.0 Å². The molecule has 0 spiro atoms. The van der Waals surface area contributed by atoms with Crippen molar-refractivity contribution in [2.75, 3.05) is 13.7 Å². The van der Waals surface area contributed by atoms with Crippen LogP contribution in [-0.2, 0) is 4.79 Å². The van der Waals surface area contributed by atoms with Crippen molar-refractivity contribution < 1.29 is 32.2 Å². The Bertz CT molecular complexity index is 1620. The molecule has 51 heavy (non-hydrogen) atoms. The van der Waals surface area contributed by atoms with Gasteiger partial charge >= 0.3 is 6.36 Å². The number of rotatable bonds is 10. The van der Waals surface area contributed by atoms with Gasteiger partial charge in [0.2, 0.25) is 5.88 Å². The highest BCUT2D eigenvalue weighted by Gasteiger charge is 2.31. The lowest BCUT2D eigenvalue weighted by Crippen LogP contribution is -2.27. The Hall–Kier alpha value is -4.02. The molecule has 4 aromatic rings. The Morgan fingerprint density at radius 3 is 1.90 bits per heavy atom. The molecule has 3 aromatic carbocycles. The van der Waals surface area contributed by atoms with Crippen LogP contribution in [0.5, 0.6) is 11.6 Å². The van der Waals surface area contributed by atoms with Crippen LogP contribution in [0.15, 0.2) is 72.8 Å². The molecule has 7 nitrogen and oxygen atoms in total. The summed E-state index contributed by atoms with van der Waals surface area (Å²) in [7, 11) is 1.46. The molecule has 0 radical (unpaired) electrons. The maximum absolute atomic E-state index is 12.3. The molecule has 0 saturated heterocycles. The van der Waals surface area contributed by atoms with Gasteiger partial charge in [-0.15, -0.1) is 13.2 Å². The highest BCUT2D eigenvalue weighted by molar-refractivity contribution is 6.35. The number of nitrogens with zero attached hydrogens (tertiary/aromatic N) is 2. The van der Waals surface area contributed by atoms with E-state index in [0.717, 1.165) is 12.0 Å². The van der Waals surface area contributed by atoms with Crippen LogP contribution in [0.3, 0.4) is 0 Å². The minimum atomic E-state index is -4.75. The number of aryl methyl sites for hydroxylation is 1. The third kappa shape index (κ3) is 17.7. The zero-order chi connectivity index (χ0) is 38.9. The summed E-state index contributed by atoms with van der Waals surface area (Å²) in [6.45, 7) is 19.1. The molecule has 12 heteroatoms. The molecule has 0 saturated carbocycles. The number of carbonyl (C=O) groups is 2. The fourth-order valence-electron chi connectivity index (χ4n) is 3.91. The van der Waals surface area contributed by atoms with E-state index < -0.39 is 6.36 Å². The number of hydrogen-bond donors (Lipinski definition) is 1. The molecule has 1 unspecified atom stereocenters. The van der Waals surface area contributed by atoms with E-state index in [1.807, 2.05) is 46.8 Å². The van der Waals surface area contributed by atoms with Gasteiger partial charge in [-0.3, -0.25) is 9.59 Å². The van der Waals surface area contributed by atoms with Crippen molar-refractivity contribution in [1.29, 1.82) is 0 Å². The van der Waals surface area contributed by atoms with Gasteiger partial charge in [-0.05, 0) is 73.4 Å². The van der Waals surface area contributed by atoms with Gasteiger partial charge in [0, 0.05) is 46.1 Å². The molecule has 0 aliphatic heterocycles. The van der Waals surface area contributed by atoms with E-state index >= 15 is 0 Å². The number of hydrogen-bond acceptors (Lipinski definition) is 5. The van der Waals surface area contributed by atoms with Crippen molar-refractivity contribution in [1.82, 2.24) is 15.1 Å². The van der Waals surface area contributed by atoms with Crippen LogP contribution < -0.4 is 14.8 Å². The third-order valence-electron chi connectivity index (χ3n) is 6.49. The highest BCUT2D eigenvalue weighted by Crippen LogP contribution is 2.31. The average Bonchev–Trinajstić information content (AvgIpc) is 3.49. The van der Waals surface area contributed by atoms with Gasteiger partial charge in [0.05, 0.1) is 18.5 Å². The third-order valence-corrected chi connectivity index (χ3v) is 6.93. The lowest BCUT2D eigenvalue weighted by Gasteiger charge is -2.10. The number of Topliss-reactive ketones (excluding diaryl/α,β-unsaturated/α-hetero) is 1. The first-order chi connectivity index (χ1) is 23.8. The standard InChI is InChI=1S/C17H11Cl2F3N2O2.C15H21NO2.C5H12.C2H6/c1-25-16-9-15(10-6-11(18)8-12(19)7-10)23-24(16)13-2-4-14(5-3-13)26-17(20,21)22;1-4-12(3)14(17)9-10-16-15(18)13-7-5-11(2)6-8-13;1-5(2,3)4;1-2/h2-9H,1H3;5-8,12H,4,9-10H2,1-3H3,(H,16,18);1-4H3;1-2H3. The molecule has 0 aliphatic rings. The second-order valence-electron chi connectivity index (χ2n) is 12.8. The molecule has 1 atom stereocenters. The quantitative estimate of drug-likeness (QED) is 0.174. The molecule has 0 fully saturated rings. The van der Waals surface area contributed by atoms with Crippen molar-refractivity contribution in [2.24, 2.45) is 11.3 Å². The Labute approximate surface area is 310 Å². The van der Waals surface area contributed by atoms with Gasteiger partial charge < -0.3 is 14.8 Å². The molecule has 280 valence electrons. The van der Waals surface area contributed by atoms with Gasteiger partial charge in [-0.25, -0.2) is 4.68 Å². The van der Waals surface area contributed by atoms with E-state index in [2.05, 4.69) is 42.8 Å². The van der Waals surface area contributed by atoms with Gasteiger partial charge in [-0.1, -0.05) is 96.3 Å². The fraction of sp³-hybridized carbons (Fsp3) is 0.410. The number of alkyl halides is 3. The smallest absolute Gasteiger partial charge is 0.481 e. The summed E-state index contributed by atoms with van der Waals surface area (Å²) in [6.07, 6.45) is -3.48. The first kappa shape index (κ1) is 45.0. The monoisotopic (exact) mass is 751 g/mol. The second kappa shape index (κ2) is 21.4. The van der Waals surface area contributed by atoms with Gasteiger partial charge in [-0.2, -0.15) is 5.10 Å². The molecule has 0 bridgehead atoms. The van der Waals surface area contributed by atoms with E-state index in [1.54, 1.807) is 36.4 Å². The zero-order valence-electron chi connectivity index (χ0n) is 31.0. The summed E-state index contributed by atoms with van der Waals surface area (Å²) in [6, 6.07) is 19.3. The Morgan fingerprint density at radius 2 is 1.43 bits per heavy atom. The zero-order valence-corrected chi connectivity index (χ0v) is 32.6. The summed E-state index contributed by atoms with van der Waals surface area (Å²) in [5, 5.41) is 8.09. The predicted octanol–water partition coefficient (Wildman–Crippen LogP) is 11.6. The lowest BCUT2D eigenvalue weighted by atomic mass is 10.0. The molecule has 1 N–H and O–H groups in total. The Kier molecular flexibility index (Phi) is 18.9. The molecule has 4 rings (SSSR count). The average molecular weight is 753 g/mol.